The van der Waals surface area contributed by atoms with Gasteiger partial charge in [0, 0.05) is 6.54 Å². The third kappa shape index (κ3) is 3.13. The van der Waals surface area contributed by atoms with Crippen LogP contribution in [0.3, 0.4) is 0 Å². The predicted molar refractivity (Wildman–Crippen MR) is 51.4 cm³/mol. The van der Waals surface area contributed by atoms with Crippen molar-refractivity contribution >= 4 is 15.9 Å². The maximum atomic E-state index is 12.9. The number of nitrogens with zero attached hydrogens (tertiary/aromatic N) is 1. The van der Waals surface area contributed by atoms with Crippen LogP contribution >= 0.6 is 15.9 Å². The minimum absolute atomic E-state index is 0.275. The molecule has 13 heavy (non-hydrogen) atoms. The van der Waals surface area contributed by atoms with E-state index in [1.165, 1.54) is 6.07 Å². The Morgan fingerprint density at radius 3 is 2.92 bits per heavy atom. The summed E-state index contributed by atoms with van der Waals surface area (Å²) in [5.41, 5.74) is 0.830. The minimum atomic E-state index is -0.281. The average Bonchev–Trinajstić information content (AvgIpc) is 2.12. The summed E-state index contributed by atoms with van der Waals surface area (Å²) in [6.07, 6.45) is 0. The normalized spacial score (nSPS) is 9.62. The van der Waals surface area contributed by atoms with Crippen LogP contribution in [-0.4, -0.2) is 6.54 Å². The fourth-order valence-corrected chi connectivity index (χ4v) is 1.16. The first-order chi connectivity index (χ1) is 6.24. The maximum Gasteiger partial charge on any atom is 0.137 e. The van der Waals surface area contributed by atoms with Gasteiger partial charge in [0.05, 0.1) is 17.1 Å². The zero-order valence-corrected chi connectivity index (χ0v) is 8.44. The molecule has 1 N–H and O–H groups in total. The standard InChI is InChI=1S/C9H8BrFN2/c10-8-2-1-7(5-9(8)11)6-13-4-3-12/h1-2,5,13H,4,6H2. The van der Waals surface area contributed by atoms with Gasteiger partial charge in [0.1, 0.15) is 5.82 Å². The van der Waals surface area contributed by atoms with Crippen LogP contribution in [0.1, 0.15) is 5.56 Å². The Balaban J connectivity index is 2.59. The third-order valence-electron chi connectivity index (χ3n) is 1.52. The van der Waals surface area contributed by atoms with E-state index in [0.29, 0.717) is 11.0 Å². The van der Waals surface area contributed by atoms with Crippen LogP contribution in [0.25, 0.3) is 0 Å². The second-order valence-corrected chi connectivity index (χ2v) is 3.36. The highest BCUT2D eigenvalue weighted by molar-refractivity contribution is 9.10. The zero-order valence-electron chi connectivity index (χ0n) is 6.85. The Morgan fingerprint density at radius 1 is 1.54 bits per heavy atom. The first-order valence-corrected chi connectivity index (χ1v) is 4.55. The van der Waals surface area contributed by atoms with Gasteiger partial charge in [-0.3, -0.25) is 0 Å². The van der Waals surface area contributed by atoms with Crippen LogP contribution in [0.15, 0.2) is 22.7 Å². The molecule has 1 aromatic rings. The summed E-state index contributed by atoms with van der Waals surface area (Å²) in [6.45, 7) is 0.787. The van der Waals surface area contributed by atoms with E-state index in [4.69, 9.17) is 5.26 Å². The Labute approximate surface area is 84.5 Å². The van der Waals surface area contributed by atoms with Crippen LogP contribution in [0.2, 0.25) is 0 Å². The highest BCUT2D eigenvalue weighted by Crippen LogP contribution is 2.15. The molecule has 0 unspecified atom stereocenters. The molecule has 2 nitrogen and oxygen atoms in total. The third-order valence-corrected chi connectivity index (χ3v) is 2.16. The number of nitriles is 1. The Hall–Kier alpha value is -0.920. The summed E-state index contributed by atoms with van der Waals surface area (Å²) in [5, 5.41) is 11.1. The van der Waals surface area contributed by atoms with Crippen molar-refractivity contribution in [1.82, 2.24) is 5.32 Å². The lowest BCUT2D eigenvalue weighted by molar-refractivity contribution is 0.616. The number of benzene rings is 1. The molecule has 68 valence electrons. The van der Waals surface area contributed by atoms with Gasteiger partial charge in [0.15, 0.2) is 0 Å². The molecule has 0 aromatic heterocycles. The molecular formula is C9H8BrFN2. The summed E-state index contributed by atoms with van der Waals surface area (Å²) in [7, 11) is 0. The molecule has 4 heteroatoms. The highest BCUT2D eigenvalue weighted by atomic mass is 79.9. The lowest BCUT2D eigenvalue weighted by atomic mass is 10.2. The van der Waals surface area contributed by atoms with Gasteiger partial charge in [-0.1, -0.05) is 6.07 Å². The van der Waals surface area contributed by atoms with Crippen molar-refractivity contribution in [3.63, 3.8) is 0 Å². The van der Waals surface area contributed by atoms with Crippen LogP contribution < -0.4 is 5.32 Å². The van der Waals surface area contributed by atoms with Crippen molar-refractivity contribution in [1.29, 1.82) is 5.26 Å². The molecule has 0 aliphatic rings. The average molecular weight is 243 g/mol. The first kappa shape index (κ1) is 10.2. The number of hydrogen-bond donors (Lipinski definition) is 1. The van der Waals surface area contributed by atoms with Crippen molar-refractivity contribution in [3.05, 3.63) is 34.1 Å². The largest absolute Gasteiger partial charge is 0.300 e. The second kappa shape index (κ2) is 4.95. The van der Waals surface area contributed by atoms with Gasteiger partial charge in [0.2, 0.25) is 0 Å². The fraction of sp³-hybridized carbons (Fsp3) is 0.222. The maximum absolute atomic E-state index is 12.9. The number of halogens is 2. The molecule has 0 radical (unpaired) electrons. The minimum Gasteiger partial charge on any atom is -0.300 e. The molecule has 0 amide bonds. The monoisotopic (exact) mass is 242 g/mol. The molecule has 1 aromatic carbocycles. The van der Waals surface area contributed by atoms with Crippen molar-refractivity contribution in [2.75, 3.05) is 6.54 Å². The van der Waals surface area contributed by atoms with Gasteiger partial charge in [-0.05, 0) is 33.6 Å². The Bertz CT molecular complexity index is 333. The number of nitrogens with one attached hydrogen (secondary N) is 1. The molecule has 0 fully saturated rings. The number of hydrogen-bond acceptors (Lipinski definition) is 2. The van der Waals surface area contributed by atoms with Gasteiger partial charge in [-0.2, -0.15) is 5.26 Å². The van der Waals surface area contributed by atoms with E-state index in [1.807, 2.05) is 6.07 Å². The molecule has 0 aliphatic carbocycles. The van der Waals surface area contributed by atoms with Crippen LogP contribution in [0.5, 0.6) is 0 Å². The van der Waals surface area contributed by atoms with Gasteiger partial charge in [-0.15, -0.1) is 0 Å². The van der Waals surface area contributed by atoms with E-state index in [1.54, 1.807) is 12.1 Å². The summed E-state index contributed by atoms with van der Waals surface area (Å²) in [4.78, 5) is 0. The Morgan fingerprint density at radius 2 is 2.31 bits per heavy atom. The number of rotatable bonds is 3. The van der Waals surface area contributed by atoms with E-state index >= 15 is 0 Å². The van der Waals surface area contributed by atoms with Crippen molar-refractivity contribution < 1.29 is 4.39 Å². The second-order valence-electron chi connectivity index (χ2n) is 2.51. The molecule has 1 rings (SSSR count). The van der Waals surface area contributed by atoms with E-state index in [9.17, 15) is 4.39 Å². The van der Waals surface area contributed by atoms with E-state index < -0.39 is 0 Å². The van der Waals surface area contributed by atoms with Crippen molar-refractivity contribution in [2.24, 2.45) is 0 Å². The van der Waals surface area contributed by atoms with Crippen LogP contribution in [-0.2, 0) is 6.54 Å². The zero-order chi connectivity index (χ0) is 9.68. The molecule has 0 bridgehead atoms. The van der Waals surface area contributed by atoms with Gasteiger partial charge in [-0.25, -0.2) is 4.39 Å². The lowest BCUT2D eigenvalue weighted by Crippen LogP contribution is -2.12. The quantitative estimate of drug-likeness (QED) is 0.652. The summed E-state index contributed by atoms with van der Waals surface area (Å²) >= 11 is 3.06. The van der Waals surface area contributed by atoms with Crippen LogP contribution in [0.4, 0.5) is 4.39 Å². The lowest BCUT2D eigenvalue weighted by Gasteiger charge is -2.01. The van der Waals surface area contributed by atoms with E-state index in [0.717, 1.165) is 5.56 Å². The topological polar surface area (TPSA) is 35.8 Å². The Kier molecular flexibility index (Phi) is 3.87. The molecule has 0 atom stereocenters. The SMILES string of the molecule is N#CCNCc1ccc(Br)c(F)c1. The van der Waals surface area contributed by atoms with E-state index in [2.05, 4.69) is 21.2 Å². The van der Waals surface area contributed by atoms with Gasteiger partial charge < -0.3 is 5.32 Å². The summed E-state index contributed by atoms with van der Waals surface area (Å²) in [6, 6.07) is 6.84. The molecule has 0 saturated heterocycles. The molecule has 0 heterocycles. The molecule has 0 spiro atoms. The van der Waals surface area contributed by atoms with Gasteiger partial charge >= 0.3 is 0 Å². The fourth-order valence-electron chi connectivity index (χ4n) is 0.912. The van der Waals surface area contributed by atoms with Crippen molar-refractivity contribution in [2.45, 2.75) is 6.54 Å². The van der Waals surface area contributed by atoms with Gasteiger partial charge in [0.25, 0.3) is 0 Å². The van der Waals surface area contributed by atoms with E-state index in [-0.39, 0.29) is 12.4 Å². The highest BCUT2D eigenvalue weighted by Gasteiger charge is 1.99. The first-order valence-electron chi connectivity index (χ1n) is 3.75. The predicted octanol–water partition coefficient (Wildman–Crippen LogP) is 2.20. The van der Waals surface area contributed by atoms with Crippen molar-refractivity contribution in [3.8, 4) is 6.07 Å². The molecular weight excluding hydrogens is 235 g/mol. The van der Waals surface area contributed by atoms with Crippen LogP contribution in [0, 0.1) is 17.1 Å². The smallest absolute Gasteiger partial charge is 0.137 e. The molecule has 0 aliphatic heterocycles. The molecule has 0 saturated carbocycles. The summed E-state index contributed by atoms with van der Waals surface area (Å²) < 4.78 is 13.4. The summed E-state index contributed by atoms with van der Waals surface area (Å²) in [5.74, 6) is -0.281.